The molecule has 3 aromatic rings. The van der Waals surface area contributed by atoms with Crippen molar-refractivity contribution in [3.05, 3.63) is 46.6 Å². The van der Waals surface area contributed by atoms with Crippen LogP contribution >= 0.6 is 11.3 Å². The van der Waals surface area contributed by atoms with Gasteiger partial charge in [-0.15, -0.1) is 5.10 Å². The molecule has 0 amide bonds. The fraction of sp³-hybridized carbons (Fsp3) is 0.500. The number of thiazole rings is 1. The van der Waals surface area contributed by atoms with Gasteiger partial charge in [0.15, 0.2) is 5.82 Å². The molecule has 1 saturated heterocycles. The maximum absolute atomic E-state index is 10.9. The first-order valence-corrected chi connectivity index (χ1v) is 10.2. The summed E-state index contributed by atoms with van der Waals surface area (Å²) >= 11 is 1.56. The zero-order valence-corrected chi connectivity index (χ0v) is 16.4. The molecule has 1 aliphatic heterocycles. The molecule has 138 valence electrons. The van der Waals surface area contributed by atoms with Gasteiger partial charge in [-0.25, -0.2) is 4.98 Å². The van der Waals surface area contributed by atoms with E-state index < -0.39 is 0 Å². The van der Waals surface area contributed by atoms with Crippen LogP contribution in [-0.4, -0.2) is 37.7 Å². The van der Waals surface area contributed by atoms with Gasteiger partial charge in [-0.1, -0.05) is 62.4 Å². The number of piperidine rings is 1. The van der Waals surface area contributed by atoms with Crippen LogP contribution in [0.5, 0.6) is 5.88 Å². The number of aromatic hydroxyl groups is 1. The molecule has 0 aliphatic carbocycles. The maximum Gasteiger partial charge on any atom is 0.230 e. The summed E-state index contributed by atoms with van der Waals surface area (Å²) in [4.78, 5) is 8.78. The van der Waals surface area contributed by atoms with Crippen LogP contribution in [0.4, 0.5) is 0 Å². The third-order valence-electron chi connectivity index (χ3n) is 5.19. The number of hydrogen-bond donors (Lipinski definition) is 1. The van der Waals surface area contributed by atoms with Crippen LogP contribution in [0, 0.1) is 11.8 Å². The van der Waals surface area contributed by atoms with E-state index in [0.717, 1.165) is 35.2 Å². The Morgan fingerprint density at radius 2 is 1.88 bits per heavy atom. The Hall–Kier alpha value is -1.92. The van der Waals surface area contributed by atoms with E-state index in [0.29, 0.717) is 11.8 Å². The summed E-state index contributed by atoms with van der Waals surface area (Å²) in [6.07, 6.45) is 2.03. The van der Waals surface area contributed by atoms with E-state index in [2.05, 4.69) is 53.1 Å². The largest absolute Gasteiger partial charge is 0.492 e. The minimum absolute atomic E-state index is 0.0416. The van der Waals surface area contributed by atoms with Crippen LogP contribution in [0.2, 0.25) is 0 Å². The standard InChI is InChI=1S/C20H26N4OS/c1-4-16-21-20-24(22-16)19(25)18(26-20)17(15-8-6-5-7-9-15)23-11-13(2)10-14(3)12-23/h5-9,13-14,17,25H,4,10-12H2,1-3H3/t13-,14-,17-/m0/s1. The van der Waals surface area contributed by atoms with Crippen molar-refractivity contribution in [2.24, 2.45) is 11.8 Å². The normalized spacial score (nSPS) is 22.7. The number of fused-ring (bicyclic) bond motifs is 1. The van der Waals surface area contributed by atoms with E-state index in [-0.39, 0.29) is 11.9 Å². The van der Waals surface area contributed by atoms with Crippen LogP contribution in [-0.2, 0) is 6.42 Å². The molecule has 0 bridgehead atoms. The highest BCUT2D eigenvalue weighted by atomic mass is 32.1. The van der Waals surface area contributed by atoms with Gasteiger partial charge in [0.1, 0.15) is 0 Å². The van der Waals surface area contributed by atoms with Gasteiger partial charge in [0.25, 0.3) is 0 Å². The summed E-state index contributed by atoms with van der Waals surface area (Å²) in [5.74, 6) is 2.31. The topological polar surface area (TPSA) is 53.7 Å². The number of aryl methyl sites for hydroxylation is 1. The lowest BCUT2D eigenvalue weighted by Gasteiger charge is -2.40. The Morgan fingerprint density at radius 1 is 1.19 bits per heavy atom. The van der Waals surface area contributed by atoms with E-state index in [4.69, 9.17) is 0 Å². The summed E-state index contributed by atoms with van der Waals surface area (Å²) in [5, 5.41) is 15.4. The monoisotopic (exact) mass is 370 g/mol. The van der Waals surface area contributed by atoms with Crippen molar-refractivity contribution in [3.63, 3.8) is 0 Å². The highest BCUT2D eigenvalue weighted by Crippen LogP contribution is 2.41. The number of rotatable bonds is 4. The van der Waals surface area contributed by atoms with Crippen molar-refractivity contribution < 1.29 is 5.11 Å². The minimum atomic E-state index is 0.0416. The predicted octanol–water partition coefficient (Wildman–Crippen LogP) is 4.13. The SMILES string of the molecule is CCc1nc2sc([C@H](c3ccccc3)N3C[C@@H](C)C[C@H](C)C3)c(O)n2n1. The molecule has 2 aromatic heterocycles. The van der Waals surface area contributed by atoms with Crippen LogP contribution < -0.4 is 0 Å². The Kier molecular flexibility index (Phi) is 4.71. The number of aromatic nitrogens is 3. The second-order valence-electron chi connectivity index (χ2n) is 7.58. The molecule has 6 heteroatoms. The quantitative estimate of drug-likeness (QED) is 0.750. The molecular weight excluding hydrogens is 344 g/mol. The lowest BCUT2D eigenvalue weighted by molar-refractivity contribution is 0.112. The number of benzene rings is 1. The smallest absolute Gasteiger partial charge is 0.230 e. The van der Waals surface area contributed by atoms with Gasteiger partial charge in [-0.3, -0.25) is 4.90 Å². The summed E-state index contributed by atoms with van der Waals surface area (Å²) in [5.41, 5.74) is 1.21. The molecule has 1 N–H and O–H groups in total. The van der Waals surface area contributed by atoms with E-state index >= 15 is 0 Å². The fourth-order valence-corrected chi connectivity index (χ4v) is 5.34. The maximum atomic E-state index is 10.9. The Morgan fingerprint density at radius 3 is 2.50 bits per heavy atom. The van der Waals surface area contributed by atoms with Crippen molar-refractivity contribution in [1.82, 2.24) is 19.5 Å². The molecule has 0 saturated carbocycles. The van der Waals surface area contributed by atoms with Crippen molar-refractivity contribution in [3.8, 4) is 5.88 Å². The molecule has 3 heterocycles. The molecule has 3 atom stereocenters. The van der Waals surface area contributed by atoms with Gasteiger partial charge in [0.05, 0.1) is 10.9 Å². The first-order valence-electron chi connectivity index (χ1n) is 9.43. The van der Waals surface area contributed by atoms with E-state index in [1.807, 2.05) is 13.0 Å². The Labute approximate surface area is 158 Å². The Balaban J connectivity index is 1.80. The highest BCUT2D eigenvalue weighted by Gasteiger charge is 2.33. The fourth-order valence-electron chi connectivity index (χ4n) is 4.20. The summed E-state index contributed by atoms with van der Waals surface area (Å²) in [6.45, 7) is 8.75. The number of hydrogen-bond acceptors (Lipinski definition) is 5. The van der Waals surface area contributed by atoms with Crippen molar-refractivity contribution in [2.45, 2.75) is 39.7 Å². The summed E-state index contributed by atoms with van der Waals surface area (Å²) in [7, 11) is 0. The average Bonchev–Trinajstić information content (AvgIpc) is 3.15. The Bertz CT molecular complexity index is 878. The molecule has 1 fully saturated rings. The molecule has 26 heavy (non-hydrogen) atoms. The van der Waals surface area contributed by atoms with Crippen LogP contribution in [0.1, 0.15) is 49.5 Å². The molecule has 4 rings (SSSR count). The minimum Gasteiger partial charge on any atom is -0.492 e. The first-order chi connectivity index (χ1) is 12.6. The second kappa shape index (κ2) is 7.00. The van der Waals surface area contributed by atoms with Crippen molar-refractivity contribution in [2.75, 3.05) is 13.1 Å². The zero-order valence-electron chi connectivity index (χ0n) is 15.6. The van der Waals surface area contributed by atoms with Gasteiger partial charge in [0.2, 0.25) is 10.8 Å². The van der Waals surface area contributed by atoms with Gasteiger partial charge in [0, 0.05) is 19.5 Å². The third-order valence-corrected chi connectivity index (χ3v) is 6.26. The van der Waals surface area contributed by atoms with Crippen molar-refractivity contribution in [1.29, 1.82) is 0 Å². The lowest BCUT2D eigenvalue weighted by atomic mass is 9.89. The molecule has 0 radical (unpaired) electrons. The molecular formula is C20H26N4OS. The highest BCUT2D eigenvalue weighted by molar-refractivity contribution is 7.17. The number of likely N-dealkylation sites (tertiary alicyclic amines) is 1. The van der Waals surface area contributed by atoms with Gasteiger partial charge < -0.3 is 5.11 Å². The van der Waals surface area contributed by atoms with E-state index in [1.54, 1.807) is 15.9 Å². The van der Waals surface area contributed by atoms with Gasteiger partial charge >= 0.3 is 0 Å². The molecule has 0 spiro atoms. The lowest BCUT2D eigenvalue weighted by Crippen LogP contribution is -2.41. The summed E-state index contributed by atoms with van der Waals surface area (Å²) < 4.78 is 1.60. The van der Waals surface area contributed by atoms with E-state index in [9.17, 15) is 5.11 Å². The predicted molar refractivity (Wildman–Crippen MR) is 105 cm³/mol. The summed E-state index contributed by atoms with van der Waals surface area (Å²) in [6, 6.07) is 10.5. The van der Waals surface area contributed by atoms with Crippen LogP contribution in [0.15, 0.2) is 30.3 Å². The van der Waals surface area contributed by atoms with Gasteiger partial charge in [-0.2, -0.15) is 4.52 Å². The molecule has 1 aliphatic rings. The molecule has 5 nitrogen and oxygen atoms in total. The molecule has 1 aromatic carbocycles. The first kappa shape index (κ1) is 17.5. The van der Waals surface area contributed by atoms with Crippen molar-refractivity contribution >= 4 is 16.3 Å². The van der Waals surface area contributed by atoms with E-state index in [1.165, 1.54) is 12.0 Å². The molecule has 0 unspecified atom stereocenters. The third kappa shape index (κ3) is 3.12. The average molecular weight is 371 g/mol. The van der Waals surface area contributed by atoms with Crippen LogP contribution in [0.3, 0.4) is 0 Å². The number of nitrogens with zero attached hydrogens (tertiary/aromatic N) is 4. The zero-order chi connectivity index (χ0) is 18.3. The van der Waals surface area contributed by atoms with Crippen LogP contribution in [0.25, 0.3) is 4.96 Å². The second-order valence-corrected chi connectivity index (χ2v) is 8.59. The van der Waals surface area contributed by atoms with Gasteiger partial charge in [-0.05, 0) is 23.8 Å².